The van der Waals surface area contributed by atoms with Crippen molar-refractivity contribution in [2.45, 2.75) is 32.2 Å². The van der Waals surface area contributed by atoms with Gasteiger partial charge < -0.3 is 19.7 Å². The van der Waals surface area contributed by atoms with E-state index in [4.69, 9.17) is 9.47 Å². The first kappa shape index (κ1) is 21.2. The van der Waals surface area contributed by atoms with Crippen LogP contribution < -0.4 is 14.8 Å². The summed E-state index contributed by atoms with van der Waals surface area (Å²) in [5.41, 5.74) is 1.95. The molecule has 31 heavy (non-hydrogen) atoms. The molecule has 2 aliphatic heterocycles. The van der Waals surface area contributed by atoms with E-state index in [9.17, 15) is 9.59 Å². The highest BCUT2D eigenvalue weighted by molar-refractivity contribution is 5.94. The Balaban J connectivity index is 1.20. The van der Waals surface area contributed by atoms with Crippen LogP contribution in [0.25, 0.3) is 0 Å². The SMILES string of the molecule is CC(C(=O)Nc1ccc2c(c1)OCO2)N1CCN(C(=O)CCCc2ccccc2)CC1. The van der Waals surface area contributed by atoms with Crippen molar-refractivity contribution in [1.82, 2.24) is 9.80 Å². The number of anilines is 1. The molecule has 0 aromatic heterocycles. The Morgan fingerprint density at radius 2 is 1.74 bits per heavy atom. The zero-order valence-corrected chi connectivity index (χ0v) is 17.9. The van der Waals surface area contributed by atoms with Crippen LogP contribution in [-0.2, 0) is 16.0 Å². The molecule has 0 saturated carbocycles. The van der Waals surface area contributed by atoms with E-state index in [1.807, 2.05) is 36.1 Å². The summed E-state index contributed by atoms with van der Waals surface area (Å²) in [4.78, 5) is 29.3. The van der Waals surface area contributed by atoms with Gasteiger partial charge in [0.1, 0.15) is 0 Å². The predicted molar refractivity (Wildman–Crippen MR) is 118 cm³/mol. The summed E-state index contributed by atoms with van der Waals surface area (Å²) < 4.78 is 10.7. The summed E-state index contributed by atoms with van der Waals surface area (Å²) >= 11 is 0. The van der Waals surface area contributed by atoms with Crippen LogP contribution in [0.5, 0.6) is 11.5 Å². The number of carbonyl (C=O) groups excluding carboxylic acids is 2. The number of carbonyl (C=O) groups is 2. The molecule has 2 amide bonds. The second kappa shape index (κ2) is 9.83. The summed E-state index contributed by atoms with van der Waals surface area (Å²) in [5, 5.41) is 2.95. The van der Waals surface area contributed by atoms with Crippen molar-refractivity contribution in [3.05, 3.63) is 54.1 Å². The number of benzene rings is 2. The first-order valence-corrected chi connectivity index (χ1v) is 10.9. The second-order valence-electron chi connectivity index (χ2n) is 7.99. The molecule has 2 aliphatic rings. The summed E-state index contributed by atoms with van der Waals surface area (Å²) in [6.07, 6.45) is 2.34. The van der Waals surface area contributed by atoms with Gasteiger partial charge in [0, 0.05) is 44.4 Å². The number of hydrogen-bond donors (Lipinski definition) is 1. The number of nitrogens with zero attached hydrogens (tertiary/aromatic N) is 2. The van der Waals surface area contributed by atoms with Gasteiger partial charge in [0.05, 0.1) is 6.04 Å². The van der Waals surface area contributed by atoms with Crippen molar-refractivity contribution in [3.8, 4) is 11.5 Å². The van der Waals surface area contributed by atoms with Gasteiger partial charge in [-0.25, -0.2) is 0 Å². The molecule has 0 bridgehead atoms. The van der Waals surface area contributed by atoms with Crippen LogP contribution in [0.2, 0.25) is 0 Å². The molecule has 4 rings (SSSR count). The largest absolute Gasteiger partial charge is 0.454 e. The fourth-order valence-electron chi connectivity index (χ4n) is 3.99. The predicted octanol–water partition coefficient (Wildman–Crippen LogP) is 2.91. The highest BCUT2D eigenvalue weighted by Gasteiger charge is 2.27. The highest BCUT2D eigenvalue weighted by atomic mass is 16.7. The Labute approximate surface area is 182 Å². The van der Waals surface area contributed by atoms with Crippen LogP contribution in [0.1, 0.15) is 25.3 Å². The zero-order valence-electron chi connectivity index (χ0n) is 17.9. The van der Waals surface area contributed by atoms with E-state index in [0.717, 1.165) is 12.8 Å². The lowest BCUT2D eigenvalue weighted by atomic mass is 10.1. The standard InChI is InChI=1S/C24H29N3O4/c1-18(24(29)25-20-10-11-21-22(16-20)31-17-30-21)26-12-14-27(15-13-26)23(28)9-5-8-19-6-3-2-4-7-19/h2-4,6-7,10-11,16,18H,5,8-9,12-15,17H2,1H3,(H,25,29). The molecule has 7 heteroatoms. The van der Waals surface area contributed by atoms with Gasteiger partial charge in [-0.1, -0.05) is 30.3 Å². The molecular weight excluding hydrogens is 394 g/mol. The van der Waals surface area contributed by atoms with Gasteiger partial charge in [0.15, 0.2) is 11.5 Å². The normalized spacial score (nSPS) is 16.7. The molecule has 164 valence electrons. The van der Waals surface area contributed by atoms with Gasteiger partial charge in [-0.3, -0.25) is 14.5 Å². The minimum Gasteiger partial charge on any atom is -0.454 e. The Hall–Kier alpha value is -3.06. The third-order valence-corrected chi connectivity index (χ3v) is 5.93. The third-order valence-electron chi connectivity index (χ3n) is 5.93. The lowest BCUT2D eigenvalue weighted by Gasteiger charge is -2.37. The summed E-state index contributed by atoms with van der Waals surface area (Å²) in [6, 6.07) is 15.4. The van der Waals surface area contributed by atoms with Gasteiger partial charge in [-0.15, -0.1) is 0 Å². The van der Waals surface area contributed by atoms with Crippen molar-refractivity contribution in [2.75, 3.05) is 38.3 Å². The summed E-state index contributed by atoms with van der Waals surface area (Å²) in [5.74, 6) is 1.47. The molecule has 0 spiro atoms. The van der Waals surface area contributed by atoms with E-state index in [1.165, 1.54) is 5.56 Å². The molecule has 0 aliphatic carbocycles. The molecule has 1 unspecified atom stereocenters. The van der Waals surface area contributed by atoms with E-state index < -0.39 is 0 Å². The molecule has 2 heterocycles. The smallest absolute Gasteiger partial charge is 0.241 e. The molecule has 1 N–H and O–H groups in total. The topological polar surface area (TPSA) is 71.1 Å². The number of hydrogen-bond acceptors (Lipinski definition) is 5. The lowest BCUT2D eigenvalue weighted by molar-refractivity contribution is -0.133. The van der Waals surface area contributed by atoms with Crippen molar-refractivity contribution < 1.29 is 19.1 Å². The van der Waals surface area contributed by atoms with Crippen molar-refractivity contribution >= 4 is 17.5 Å². The lowest BCUT2D eigenvalue weighted by Crippen LogP contribution is -2.54. The summed E-state index contributed by atoms with van der Waals surface area (Å²) in [6.45, 7) is 4.82. The molecule has 1 atom stereocenters. The van der Waals surface area contributed by atoms with Crippen LogP contribution in [0.4, 0.5) is 5.69 Å². The van der Waals surface area contributed by atoms with Crippen LogP contribution in [0.15, 0.2) is 48.5 Å². The van der Waals surface area contributed by atoms with E-state index in [0.29, 0.717) is 49.8 Å². The van der Waals surface area contributed by atoms with Gasteiger partial charge in [-0.05, 0) is 37.5 Å². The van der Waals surface area contributed by atoms with Gasteiger partial charge in [-0.2, -0.15) is 0 Å². The van der Waals surface area contributed by atoms with E-state index in [2.05, 4.69) is 22.3 Å². The van der Waals surface area contributed by atoms with E-state index in [-0.39, 0.29) is 24.6 Å². The van der Waals surface area contributed by atoms with Crippen LogP contribution in [0.3, 0.4) is 0 Å². The van der Waals surface area contributed by atoms with Crippen molar-refractivity contribution in [1.29, 1.82) is 0 Å². The molecule has 7 nitrogen and oxygen atoms in total. The molecule has 2 aromatic carbocycles. The van der Waals surface area contributed by atoms with Gasteiger partial charge in [0.2, 0.25) is 18.6 Å². The quantitative estimate of drug-likeness (QED) is 0.742. The minimum atomic E-state index is -0.277. The van der Waals surface area contributed by atoms with E-state index in [1.54, 1.807) is 12.1 Å². The monoisotopic (exact) mass is 423 g/mol. The number of ether oxygens (including phenoxy) is 2. The Bertz CT molecular complexity index is 910. The number of piperazine rings is 1. The molecule has 0 radical (unpaired) electrons. The molecule has 1 saturated heterocycles. The average Bonchev–Trinajstić information content (AvgIpc) is 3.27. The van der Waals surface area contributed by atoms with E-state index >= 15 is 0 Å². The maximum atomic E-state index is 12.7. The Morgan fingerprint density at radius 1 is 1.00 bits per heavy atom. The van der Waals surface area contributed by atoms with Crippen LogP contribution >= 0.6 is 0 Å². The average molecular weight is 424 g/mol. The Morgan fingerprint density at radius 3 is 2.52 bits per heavy atom. The highest BCUT2D eigenvalue weighted by Crippen LogP contribution is 2.34. The molecular formula is C24H29N3O4. The zero-order chi connectivity index (χ0) is 21.6. The number of aryl methyl sites for hydroxylation is 1. The first-order valence-electron chi connectivity index (χ1n) is 10.9. The number of nitrogens with one attached hydrogen (secondary N) is 1. The molecule has 1 fully saturated rings. The maximum Gasteiger partial charge on any atom is 0.241 e. The maximum absolute atomic E-state index is 12.7. The fourth-order valence-corrected chi connectivity index (χ4v) is 3.99. The van der Waals surface area contributed by atoms with Gasteiger partial charge >= 0.3 is 0 Å². The van der Waals surface area contributed by atoms with Crippen molar-refractivity contribution in [2.24, 2.45) is 0 Å². The Kier molecular flexibility index (Phi) is 6.72. The van der Waals surface area contributed by atoms with Crippen LogP contribution in [0, 0.1) is 0 Å². The summed E-state index contributed by atoms with van der Waals surface area (Å²) in [7, 11) is 0. The van der Waals surface area contributed by atoms with Gasteiger partial charge in [0.25, 0.3) is 0 Å². The number of amides is 2. The number of rotatable bonds is 7. The third kappa shape index (κ3) is 5.35. The first-order chi connectivity index (χ1) is 15.1. The van der Waals surface area contributed by atoms with Crippen LogP contribution in [-0.4, -0.2) is 60.6 Å². The molecule has 2 aromatic rings. The fraction of sp³-hybridized carbons (Fsp3) is 0.417. The van der Waals surface area contributed by atoms with Crippen molar-refractivity contribution in [3.63, 3.8) is 0 Å². The minimum absolute atomic E-state index is 0.0681. The second-order valence-corrected chi connectivity index (χ2v) is 7.99. The number of fused-ring (bicyclic) bond motifs is 1.